The van der Waals surface area contributed by atoms with Crippen LogP contribution in [0.3, 0.4) is 0 Å². The minimum Gasteiger partial charge on any atom is -0.269 e. The highest BCUT2D eigenvalue weighted by Gasteiger charge is 2.08. The third kappa shape index (κ3) is 5.84. The van der Waals surface area contributed by atoms with Crippen molar-refractivity contribution in [3.05, 3.63) is 0 Å². The van der Waals surface area contributed by atoms with E-state index in [9.17, 15) is 8.42 Å². The lowest BCUT2D eigenvalue weighted by molar-refractivity contribution is 0.340. The molecule has 0 amide bonds. The highest BCUT2D eigenvalue weighted by molar-refractivity contribution is 7.86. The molecule has 0 saturated carbocycles. The monoisotopic (exact) mass is 179 g/mol. The topological polar surface area (TPSA) is 55.7 Å². The van der Waals surface area contributed by atoms with E-state index in [1.165, 1.54) is 6.21 Å². The molecule has 0 aromatic carbocycles. The van der Waals surface area contributed by atoms with Gasteiger partial charge in [-0.2, -0.15) is 8.42 Å². The first kappa shape index (κ1) is 10.4. The maximum atomic E-state index is 10.8. The molecule has 4 nitrogen and oxygen atoms in total. The molecule has 66 valence electrons. The molecule has 0 aliphatic heterocycles. The van der Waals surface area contributed by atoms with Crippen LogP contribution in [-0.2, 0) is 14.4 Å². The van der Waals surface area contributed by atoms with E-state index in [0.29, 0.717) is 6.42 Å². The second-order valence-corrected chi connectivity index (χ2v) is 3.73. The Morgan fingerprint density at radius 1 is 1.55 bits per heavy atom. The van der Waals surface area contributed by atoms with Gasteiger partial charge in [-0.15, -0.1) is 0 Å². The highest BCUT2D eigenvalue weighted by Crippen LogP contribution is 1.98. The average molecular weight is 179 g/mol. The minimum atomic E-state index is -3.40. The van der Waals surface area contributed by atoms with Crippen LogP contribution in [0.1, 0.15) is 26.7 Å². The molecular formula is C6H13NO3S. The third-order valence-corrected chi connectivity index (χ3v) is 2.11. The number of hydrogen-bond donors (Lipinski definition) is 0. The predicted octanol–water partition coefficient (Wildman–Crippen LogP) is 1.14. The lowest BCUT2D eigenvalue weighted by atomic mass is 10.4. The van der Waals surface area contributed by atoms with Crippen LogP contribution in [-0.4, -0.2) is 20.4 Å². The second kappa shape index (κ2) is 5.12. The number of oxime groups is 1. The molecule has 0 aliphatic carbocycles. The van der Waals surface area contributed by atoms with Crippen molar-refractivity contribution in [1.82, 2.24) is 0 Å². The standard InChI is InChI=1S/C6H13NO3S/c1-3-5-6-11(8,9)10-7-4-2/h4H,3,5-6H2,1-2H3. The SMILES string of the molecule is CC=NOS(=O)(=O)CCCC. The normalized spacial score (nSPS) is 12.2. The van der Waals surface area contributed by atoms with Gasteiger partial charge in [-0.25, -0.2) is 0 Å². The minimum absolute atomic E-state index is 0.0425. The van der Waals surface area contributed by atoms with Crippen molar-refractivity contribution in [3.8, 4) is 0 Å². The molecular weight excluding hydrogens is 166 g/mol. The Labute approximate surface area is 67.4 Å². The summed E-state index contributed by atoms with van der Waals surface area (Å²) in [5, 5.41) is 3.18. The summed E-state index contributed by atoms with van der Waals surface area (Å²) in [5.41, 5.74) is 0. The molecule has 11 heavy (non-hydrogen) atoms. The molecule has 0 bridgehead atoms. The summed E-state index contributed by atoms with van der Waals surface area (Å²) in [4.78, 5) is 0. The van der Waals surface area contributed by atoms with Gasteiger partial charge in [0.25, 0.3) is 0 Å². The maximum Gasteiger partial charge on any atom is 0.328 e. The van der Waals surface area contributed by atoms with Crippen LogP contribution >= 0.6 is 0 Å². The van der Waals surface area contributed by atoms with Crippen LogP contribution in [0.25, 0.3) is 0 Å². The van der Waals surface area contributed by atoms with Gasteiger partial charge in [-0.1, -0.05) is 18.5 Å². The van der Waals surface area contributed by atoms with Gasteiger partial charge in [0.15, 0.2) is 0 Å². The van der Waals surface area contributed by atoms with Crippen LogP contribution in [0.2, 0.25) is 0 Å². The molecule has 0 aromatic rings. The Morgan fingerprint density at radius 3 is 2.64 bits per heavy atom. The summed E-state index contributed by atoms with van der Waals surface area (Å²) in [5.74, 6) is 0.0425. The van der Waals surface area contributed by atoms with Crippen molar-refractivity contribution in [1.29, 1.82) is 0 Å². The highest BCUT2D eigenvalue weighted by atomic mass is 32.2. The van der Waals surface area contributed by atoms with E-state index in [-0.39, 0.29) is 5.75 Å². The van der Waals surface area contributed by atoms with Crippen LogP contribution in [0.4, 0.5) is 0 Å². The summed E-state index contributed by atoms with van der Waals surface area (Å²) < 4.78 is 25.8. The fraction of sp³-hybridized carbons (Fsp3) is 0.833. The zero-order chi connectivity index (χ0) is 8.74. The van der Waals surface area contributed by atoms with E-state index >= 15 is 0 Å². The molecule has 5 heteroatoms. The summed E-state index contributed by atoms with van der Waals surface area (Å²) >= 11 is 0. The lowest BCUT2D eigenvalue weighted by Crippen LogP contribution is -2.06. The predicted molar refractivity (Wildman–Crippen MR) is 43.9 cm³/mol. The summed E-state index contributed by atoms with van der Waals surface area (Å²) in [6, 6.07) is 0. The van der Waals surface area contributed by atoms with Gasteiger partial charge in [0.2, 0.25) is 0 Å². The molecule has 0 aromatic heterocycles. The third-order valence-electron chi connectivity index (χ3n) is 1.01. The van der Waals surface area contributed by atoms with Crippen LogP contribution in [0.5, 0.6) is 0 Å². The number of hydrogen-bond acceptors (Lipinski definition) is 4. The summed E-state index contributed by atoms with van der Waals surface area (Å²) in [6.07, 6.45) is 2.74. The van der Waals surface area contributed by atoms with E-state index in [4.69, 9.17) is 0 Å². The van der Waals surface area contributed by atoms with Gasteiger partial charge >= 0.3 is 10.1 Å². The van der Waals surface area contributed by atoms with Crippen molar-refractivity contribution in [2.75, 3.05) is 5.75 Å². The van der Waals surface area contributed by atoms with Gasteiger partial charge < -0.3 is 0 Å². The summed E-state index contributed by atoms with van der Waals surface area (Å²) in [7, 11) is -3.40. The largest absolute Gasteiger partial charge is 0.328 e. The Bertz CT molecular complexity index is 208. The fourth-order valence-corrected chi connectivity index (χ4v) is 1.40. The molecule has 0 radical (unpaired) electrons. The molecule has 0 fully saturated rings. The zero-order valence-corrected chi connectivity index (χ0v) is 7.60. The van der Waals surface area contributed by atoms with Gasteiger partial charge in [0.1, 0.15) is 0 Å². The second-order valence-electron chi connectivity index (χ2n) is 2.05. The molecule has 0 unspecified atom stereocenters. The smallest absolute Gasteiger partial charge is 0.269 e. The van der Waals surface area contributed by atoms with E-state index in [1.54, 1.807) is 6.92 Å². The molecule has 0 heterocycles. The lowest BCUT2D eigenvalue weighted by Gasteiger charge is -1.97. The Hall–Kier alpha value is -0.580. The number of rotatable bonds is 5. The molecule has 0 saturated heterocycles. The van der Waals surface area contributed by atoms with Crippen LogP contribution in [0, 0.1) is 0 Å². The van der Waals surface area contributed by atoms with Crippen molar-refractivity contribution >= 4 is 16.3 Å². The molecule has 0 aliphatic rings. The van der Waals surface area contributed by atoms with Gasteiger partial charge in [-0.05, 0) is 13.3 Å². The Balaban J connectivity index is 3.82. The quantitative estimate of drug-likeness (QED) is 0.469. The van der Waals surface area contributed by atoms with Crippen molar-refractivity contribution in [3.63, 3.8) is 0 Å². The fourth-order valence-electron chi connectivity index (χ4n) is 0.467. The van der Waals surface area contributed by atoms with E-state index in [2.05, 4.69) is 9.44 Å². The van der Waals surface area contributed by atoms with Crippen LogP contribution in [0.15, 0.2) is 5.16 Å². The molecule has 0 rings (SSSR count). The van der Waals surface area contributed by atoms with E-state index in [1.807, 2.05) is 6.92 Å². The van der Waals surface area contributed by atoms with Crippen LogP contribution < -0.4 is 0 Å². The first-order valence-corrected chi connectivity index (χ1v) is 5.09. The number of nitrogens with zero attached hydrogens (tertiary/aromatic N) is 1. The van der Waals surface area contributed by atoms with Crippen molar-refractivity contribution in [2.45, 2.75) is 26.7 Å². The molecule has 0 N–H and O–H groups in total. The first-order chi connectivity index (χ1) is 5.12. The summed E-state index contributed by atoms with van der Waals surface area (Å²) in [6.45, 7) is 3.51. The van der Waals surface area contributed by atoms with Gasteiger partial charge in [0.05, 0.1) is 5.75 Å². The van der Waals surface area contributed by atoms with Gasteiger partial charge in [-0.3, -0.25) is 4.28 Å². The maximum absolute atomic E-state index is 10.8. The Morgan fingerprint density at radius 2 is 2.18 bits per heavy atom. The van der Waals surface area contributed by atoms with E-state index < -0.39 is 10.1 Å². The molecule has 0 spiro atoms. The molecule has 0 atom stereocenters. The Kier molecular flexibility index (Phi) is 4.85. The van der Waals surface area contributed by atoms with Crippen molar-refractivity contribution < 1.29 is 12.7 Å². The first-order valence-electron chi connectivity index (χ1n) is 3.51. The zero-order valence-electron chi connectivity index (χ0n) is 6.78. The average Bonchev–Trinajstić information content (AvgIpc) is 1.97. The van der Waals surface area contributed by atoms with Gasteiger partial charge in [0, 0.05) is 6.21 Å². The number of unbranched alkanes of at least 4 members (excludes halogenated alkanes) is 1. The van der Waals surface area contributed by atoms with Crippen molar-refractivity contribution in [2.24, 2.45) is 5.16 Å². The van der Waals surface area contributed by atoms with E-state index in [0.717, 1.165) is 6.42 Å².